The quantitative estimate of drug-likeness (QED) is 0.855. The van der Waals surface area contributed by atoms with Crippen LogP contribution in [0.3, 0.4) is 0 Å². The molecule has 0 spiro atoms. The van der Waals surface area contributed by atoms with Gasteiger partial charge in [-0.3, -0.25) is 0 Å². The molecule has 84 valence electrons. The van der Waals surface area contributed by atoms with Gasteiger partial charge in [-0.15, -0.1) is 11.3 Å². The highest BCUT2D eigenvalue weighted by atomic mass is 32.1. The van der Waals surface area contributed by atoms with E-state index in [-0.39, 0.29) is 0 Å². The van der Waals surface area contributed by atoms with Crippen molar-refractivity contribution in [3.8, 4) is 0 Å². The maximum atomic E-state index is 9.38. The Hall–Kier alpha value is -0.610. The first-order chi connectivity index (χ1) is 7.08. The van der Waals surface area contributed by atoms with E-state index < -0.39 is 6.10 Å². The molecule has 3 atom stereocenters. The van der Waals surface area contributed by atoms with Gasteiger partial charge in [0.15, 0.2) is 5.13 Å². The second-order valence-corrected chi connectivity index (χ2v) is 5.42. The van der Waals surface area contributed by atoms with Gasteiger partial charge >= 0.3 is 0 Å². The molecule has 1 saturated carbocycles. The molecular weight excluding hydrogens is 208 g/mol. The predicted octanol–water partition coefficient (Wildman–Crippen LogP) is 2.29. The first-order valence-electron chi connectivity index (χ1n) is 5.42. The number of rotatable bonds is 4. The Morgan fingerprint density at radius 1 is 1.73 bits per heavy atom. The van der Waals surface area contributed by atoms with Crippen molar-refractivity contribution in [3.63, 3.8) is 0 Å². The number of aliphatic hydroxyl groups is 1. The average Bonchev–Trinajstić information content (AvgIpc) is 2.71. The van der Waals surface area contributed by atoms with Crippen LogP contribution in [0.2, 0.25) is 0 Å². The van der Waals surface area contributed by atoms with Crippen LogP contribution in [0.4, 0.5) is 5.13 Å². The van der Waals surface area contributed by atoms with Crippen LogP contribution in [-0.2, 0) is 0 Å². The normalized spacial score (nSPS) is 26.4. The maximum absolute atomic E-state index is 9.38. The fraction of sp³-hybridized carbons (Fsp3) is 0.727. The van der Waals surface area contributed by atoms with Gasteiger partial charge in [0.25, 0.3) is 0 Å². The third kappa shape index (κ3) is 2.49. The number of nitrogens with zero attached hydrogens (tertiary/aromatic N) is 2. The fourth-order valence-corrected chi connectivity index (χ4v) is 2.62. The third-order valence-corrected chi connectivity index (χ3v) is 4.02. The Labute approximate surface area is 94.8 Å². The minimum absolute atomic E-state index is 0.455. The van der Waals surface area contributed by atoms with Gasteiger partial charge in [-0.1, -0.05) is 6.92 Å². The summed E-state index contributed by atoms with van der Waals surface area (Å²) in [6, 6.07) is 0. The number of hydrogen-bond donors (Lipinski definition) is 1. The Morgan fingerprint density at radius 2 is 2.40 bits per heavy atom. The van der Waals surface area contributed by atoms with Gasteiger partial charge in [0.2, 0.25) is 0 Å². The number of aromatic nitrogens is 1. The van der Waals surface area contributed by atoms with Crippen LogP contribution < -0.4 is 4.90 Å². The Morgan fingerprint density at radius 3 is 2.87 bits per heavy atom. The van der Waals surface area contributed by atoms with E-state index in [1.807, 2.05) is 5.38 Å². The zero-order valence-corrected chi connectivity index (χ0v) is 10.3. The molecule has 0 amide bonds. The molecule has 0 bridgehead atoms. The minimum atomic E-state index is -0.455. The van der Waals surface area contributed by atoms with Crippen LogP contribution in [-0.4, -0.2) is 23.7 Å². The molecule has 0 radical (unpaired) electrons. The van der Waals surface area contributed by atoms with Crippen molar-refractivity contribution in [2.75, 3.05) is 18.5 Å². The number of anilines is 1. The van der Waals surface area contributed by atoms with Crippen LogP contribution in [0.5, 0.6) is 0 Å². The standard InChI is InChI=1S/C11H18N2OS/c1-7-4-9(7)5-13(3)11-12-10(6-15-11)8(2)14/h6-9,14H,4-5H2,1-3H3. The van der Waals surface area contributed by atoms with Gasteiger partial charge in [0, 0.05) is 19.0 Å². The van der Waals surface area contributed by atoms with E-state index >= 15 is 0 Å². The zero-order chi connectivity index (χ0) is 11.0. The first-order valence-corrected chi connectivity index (χ1v) is 6.30. The van der Waals surface area contributed by atoms with Gasteiger partial charge in [-0.25, -0.2) is 4.98 Å². The monoisotopic (exact) mass is 226 g/mol. The molecule has 1 aromatic heterocycles. The third-order valence-electron chi connectivity index (χ3n) is 3.05. The zero-order valence-electron chi connectivity index (χ0n) is 9.47. The lowest BCUT2D eigenvalue weighted by molar-refractivity contribution is 0.195. The Balaban J connectivity index is 1.96. The summed E-state index contributed by atoms with van der Waals surface area (Å²) in [5.41, 5.74) is 0.783. The van der Waals surface area contributed by atoms with Crippen molar-refractivity contribution in [1.82, 2.24) is 4.98 Å². The number of aliphatic hydroxyl groups excluding tert-OH is 1. The molecule has 0 aromatic carbocycles. The highest BCUT2D eigenvalue weighted by Crippen LogP contribution is 2.39. The van der Waals surface area contributed by atoms with Crippen LogP contribution in [0.15, 0.2) is 5.38 Å². The summed E-state index contributed by atoms with van der Waals surface area (Å²) in [6.07, 6.45) is 0.891. The molecule has 4 heteroatoms. The van der Waals surface area contributed by atoms with Crippen molar-refractivity contribution in [2.45, 2.75) is 26.4 Å². The molecule has 1 N–H and O–H groups in total. The molecule has 15 heavy (non-hydrogen) atoms. The Bertz CT molecular complexity index is 337. The number of thiazole rings is 1. The van der Waals surface area contributed by atoms with Crippen molar-refractivity contribution in [1.29, 1.82) is 0 Å². The van der Waals surface area contributed by atoms with E-state index in [4.69, 9.17) is 0 Å². The van der Waals surface area contributed by atoms with Gasteiger partial charge in [0.05, 0.1) is 11.8 Å². The molecule has 1 fully saturated rings. The van der Waals surface area contributed by atoms with E-state index in [9.17, 15) is 5.11 Å². The van der Waals surface area contributed by atoms with E-state index in [1.54, 1.807) is 18.3 Å². The summed E-state index contributed by atoms with van der Waals surface area (Å²) in [5, 5.41) is 12.3. The van der Waals surface area contributed by atoms with E-state index in [1.165, 1.54) is 6.42 Å². The fourth-order valence-electron chi connectivity index (χ4n) is 1.73. The van der Waals surface area contributed by atoms with Crippen LogP contribution in [0.25, 0.3) is 0 Å². The Kier molecular flexibility index (Phi) is 2.98. The summed E-state index contributed by atoms with van der Waals surface area (Å²) in [5.74, 6) is 1.72. The molecule has 2 rings (SSSR count). The van der Waals surface area contributed by atoms with Gasteiger partial charge in [-0.05, 0) is 25.2 Å². The molecule has 0 aliphatic heterocycles. The lowest BCUT2D eigenvalue weighted by Gasteiger charge is -2.15. The maximum Gasteiger partial charge on any atom is 0.185 e. The van der Waals surface area contributed by atoms with Gasteiger partial charge in [-0.2, -0.15) is 0 Å². The molecule has 3 unspecified atom stereocenters. The van der Waals surface area contributed by atoms with Crippen LogP contribution in [0.1, 0.15) is 32.1 Å². The van der Waals surface area contributed by atoms with E-state index in [0.717, 1.165) is 29.2 Å². The van der Waals surface area contributed by atoms with Crippen molar-refractivity contribution in [3.05, 3.63) is 11.1 Å². The topological polar surface area (TPSA) is 36.4 Å². The predicted molar refractivity (Wildman–Crippen MR) is 63.3 cm³/mol. The minimum Gasteiger partial charge on any atom is -0.387 e. The molecule has 1 aromatic rings. The molecule has 3 nitrogen and oxygen atoms in total. The summed E-state index contributed by atoms with van der Waals surface area (Å²) >= 11 is 1.61. The molecule has 1 aliphatic carbocycles. The second-order valence-electron chi connectivity index (χ2n) is 4.58. The van der Waals surface area contributed by atoms with Gasteiger partial charge in [0.1, 0.15) is 0 Å². The first kappa shape index (κ1) is 10.9. The SMILES string of the molecule is CC(O)c1csc(N(C)CC2CC2C)n1. The largest absolute Gasteiger partial charge is 0.387 e. The average molecular weight is 226 g/mol. The van der Waals surface area contributed by atoms with Crippen molar-refractivity contribution < 1.29 is 5.11 Å². The van der Waals surface area contributed by atoms with E-state index in [0.29, 0.717) is 0 Å². The van der Waals surface area contributed by atoms with Crippen LogP contribution in [0, 0.1) is 11.8 Å². The summed E-state index contributed by atoms with van der Waals surface area (Å²) in [6.45, 7) is 5.14. The second kappa shape index (κ2) is 4.10. The van der Waals surface area contributed by atoms with E-state index in [2.05, 4.69) is 23.9 Å². The lowest BCUT2D eigenvalue weighted by Crippen LogP contribution is -2.20. The highest BCUT2D eigenvalue weighted by molar-refractivity contribution is 7.13. The highest BCUT2D eigenvalue weighted by Gasteiger charge is 2.33. The van der Waals surface area contributed by atoms with Crippen LogP contribution >= 0.6 is 11.3 Å². The van der Waals surface area contributed by atoms with Crippen molar-refractivity contribution >= 4 is 16.5 Å². The summed E-state index contributed by atoms with van der Waals surface area (Å²) in [7, 11) is 2.08. The van der Waals surface area contributed by atoms with Crippen molar-refractivity contribution in [2.24, 2.45) is 11.8 Å². The summed E-state index contributed by atoms with van der Waals surface area (Å²) in [4.78, 5) is 6.61. The lowest BCUT2D eigenvalue weighted by atomic mass is 10.3. The molecule has 1 heterocycles. The molecule has 1 aliphatic rings. The molecular formula is C11H18N2OS. The smallest absolute Gasteiger partial charge is 0.185 e. The van der Waals surface area contributed by atoms with Gasteiger partial charge < -0.3 is 10.0 Å². The number of hydrogen-bond acceptors (Lipinski definition) is 4. The molecule has 0 saturated heterocycles. The summed E-state index contributed by atoms with van der Waals surface area (Å²) < 4.78 is 0.